The number of carbonyl (C=O) groups is 2. The van der Waals surface area contributed by atoms with Gasteiger partial charge in [-0.2, -0.15) is 26.3 Å². The second kappa shape index (κ2) is 13.5. The molecule has 4 N–H and O–H groups in total. The first-order valence-electron chi connectivity index (χ1n) is 12.0. The number of aromatic amines is 1. The van der Waals surface area contributed by atoms with Crippen LogP contribution in [0.1, 0.15) is 45.1 Å². The molecule has 1 atom stereocenters. The molecule has 220 valence electrons. The van der Waals surface area contributed by atoms with Gasteiger partial charge in [0.2, 0.25) is 0 Å². The van der Waals surface area contributed by atoms with Crippen LogP contribution in [0.3, 0.4) is 0 Å². The van der Waals surface area contributed by atoms with Gasteiger partial charge in [-0.25, -0.2) is 14.6 Å². The fourth-order valence-electron chi connectivity index (χ4n) is 3.92. The van der Waals surface area contributed by atoms with Crippen molar-refractivity contribution in [1.29, 1.82) is 0 Å². The molecule has 2 aromatic carbocycles. The third-order valence-electron chi connectivity index (χ3n) is 5.84. The van der Waals surface area contributed by atoms with Crippen molar-refractivity contribution in [2.24, 2.45) is 5.41 Å². The molecule has 0 spiro atoms. The number of fused-ring (bicyclic) bond motifs is 1. The Hall–Kier alpha value is -3.81. The summed E-state index contributed by atoms with van der Waals surface area (Å²) in [5.74, 6) is -3.84. The normalized spacial score (nSPS) is 16.6. The zero-order valence-corrected chi connectivity index (χ0v) is 21.6. The number of aliphatic carboxylic acids is 2. The van der Waals surface area contributed by atoms with E-state index in [-0.39, 0.29) is 0 Å². The number of hydrogen-bond donors (Lipinski definition) is 4. The van der Waals surface area contributed by atoms with Crippen LogP contribution in [0.4, 0.5) is 26.3 Å². The average molecular weight is 578 g/mol. The molecule has 4 rings (SSSR count). The van der Waals surface area contributed by atoms with Gasteiger partial charge in [-0.1, -0.05) is 32.4 Å². The van der Waals surface area contributed by atoms with E-state index in [0.717, 1.165) is 29.1 Å². The molecule has 1 heterocycles. The number of ether oxygens (including phenoxy) is 1. The van der Waals surface area contributed by atoms with Crippen LogP contribution in [0.2, 0.25) is 0 Å². The van der Waals surface area contributed by atoms with Crippen molar-refractivity contribution in [3.63, 3.8) is 0 Å². The van der Waals surface area contributed by atoms with Crippen LogP contribution in [0.5, 0.6) is 11.5 Å². The quantitative estimate of drug-likeness (QED) is 0.249. The summed E-state index contributed by atoms with van der Waals surface area (Å²) in [5, 5.41) is 18.0. The van der Waals surface area contributed by atoms with E-state index in [1.54, 1.807) is 6.33 Å². The number of alkyl halides is 6. The van der Waals surface area contributed by atoms with E-state index >= 15 is 0 Å². The number of halogens is 6. The molecule has 1 aliphatic rings. The highest BCUT2D eigenvalue weighted by Crippen LogP contribution is 2.35. The lowest BCUT2D eigenvalue weighted by atomic mass is 9.75. The minimum atomic E-state index is -5.08. The molecular weight excluding hydrogens is 548 g/mol. The van der Waals surface area contributed by atoms with Crippen molar-refractivity contribution in [1.82, 2.24) is 15.3 Å². The van der Waals surface area contributed by atoms with Gasteiger partial charge in [-0.15, -0.1) is 0 Å². The molecule has 40 heavy (non-hydrogen) atoms. The summed E-state index contributed by atoms with van der Waals surface area (Å²) in [6, 6.07) is 14.9. The van der Waals surface area contributed by atoms with E-state index in [2.05, 4.69) is 41.3 Å². The molecule has 3 aromatic rings. The lowest BCUT2D eigenvalue weighted by Crippen LogP contribution is -2.36. The van der Waals surface area contributed by atoms with Gasteiger partial charge < -0.3 is 25.3 Å². The minimum absolute atomic E-state index is 0.476. The van der Waals surface area contributed by atoms with Gasteiger partial charge in [-0.05, 0) is 54.5 Å². The fraction of sp³-hybridized carbons (Fsp3) is 0.423. The van der Waals surface area contributed by atoms with Crippen molar-refractivity contribution < 1.29 is 50.9 Å². The van der Waals surface area contributed by atoms with Crippen molar-refractivity contribution in [3.05, 3.63) is 54.4 Å². The Morgan fingerprint density at radius 2 is 1.55 bits per heavy atom. The largest absolute Gasteiger partial charge is 0.490 e. The average Bonchev–Trinajstić information content (AvgIpc) is 3.31. The first kappa shape index (κ1) is 32.4. The predicted octanol–water partition coefficient (Wildman–Crippen LogP) is 6.68. The van der Waals surface area contributed by atoms with Gasteiger partial charge in [0.15, 0.2) is 0 Å². The molecular formula is C26H29F6N3O5. The third kappa shape index (κ3) is 11.1. The van der Waals surface area contributed by atoms with Crippen molar-refractivity contribution in [3.8, 4) is 11.5 Å². The van der Waals surface area contributed by atoms with Crippen LogP contribution >= 0.6 is 0 Å². The number of carboxylic acid groups (broad SMARTS) is 2. The van der Waals surface area contributed by atoms with Crippen LogP contribution in [0, 0.1) is 5.41 Å². The van der Waals surface area contributed by atoms with E-state index < -0.39 is 24.3 Å². The second-order valence-corrected chi connectivity index (χ2v) is 9.77. The Morgan fingerprint density at radius 1 is 1.00 bits per heavy atom. The molecule has 1 saturated carbocycles. The van der Waals surface area contributed by atoms with E-state index in [0.29, 0.717) is 11.5 Å². The molecule has 8 nitrogen and oxygen atoms in total. The van der Waals surface area contributed by atoms with E-state index in [9.17, 15) is 26.3 Å². The Morgan fingerprint density at radius 3 is 2.08 bits per heavy atom. The van der Waals surface area contributed by atoms with E-state index in [4.69, 9.17) is 24.5 Å². The molecule has 1 aliphatic carbocycles. The van der Waals surface area contributed by atoms with Gasteiger partial charge in [0.05, 0.1) is 17.4 Å². The second-order valence-electron chi connectivity index (χ2n) is 9.77. The van der Waals surface area contributed by atoms with Crippen LogP contribution in [-0.4, -0.2) is 50.5 Å². The highest BCUT2D eigenvalue weighted by atomic mass is 19.4. The lowest BCUT2D eigenvalue weighted by molar-refractivity contribution is -0.193. The van der Waals surface area contributed by atoms with Gasteiger partial charge in [0, 0.05) is 18.7 Å². The Bertz CT molecular complexity index is 1230. The summed E-state index contributed by atoms with van der Waals surface area (Å²) in [6.45, 7) is 5.68. The molecule has 0 amide bonds. The highest BCUT2D eigenvalue weighted by Gasteiger charge is 2.38. The number of aromatic nitrogens is 2. The SMILES string of the molecule is CC1(C)CCC[C@@H](NCc2ccc(Oc3ccc4nc[nH]c4c3)cc2)C1.O=C(O)C(F)(F)F.O=C(O)C(F)(F)F. The molecule has 0 radical (unpaired) electrons. The van der Waals surface area contributed by atoms with Gasteiger partial charge in [0.1, 0.15) is 11.5 Å². The number of rotatable bonds is 5. The molecule has 0 saturated heterocycles. The van der Waals surface area contributed by atoms with Crippen LogP contribution in [0.15, 0.2) is 48.8 Å². The van der Waals surface area contributed by atoms with Crippen molar-refractivity contribution in [2.45, 2.75) is 64.5 Å². The van der Waals surface area contributed by atoms with Crippen LogP contribution in [0.25, 0.3) is 11.0 Å². The molecule has 1 aromatic heterocycles. The summed E-state index contributed by atoms with van der Waals surface area (Å²) in [7, 11) is 0. The van der Waals surface area contributed by atoms with Gasteiger partial charge >= 0.3 is 24.3 Å². The number of H-pyrrole nitrogens is 1. The zero-order valence-electron chi connectivity index (χ0n) is 21.6. The number of carboxylic acids is 2. The summed E-state index contributed by atoms with van der Waals surface area (Å²) in [6.07, 6.45) is -3.23. The highest BCUT2D eigenvalue weighted by molar-refractivity contribution is 5.76. The summed E-state index contributed by atoms with van der Waals surface area (Å²) in [4.78, 5) is 25.1. The van der Waals surface area contributed by atoms with E-state index in [1.807, 2.05) is 30.3 Å². The summed E-state index contributed by atoms with van der Waals surface area (Å²) >= 11 is 0. The van der Waals surface area contributed by atoms with E-state index in [1.165, 1.54) is 31.2 Å². The number of nitrogens with zero attached hydrogens (tertiary/aromatic N) is 1. The first-order chi connectivity index (χ1) is 18.5. The third-order valence-corrected chi connectivity index (χ3v) is 5.84. The molecule has 0 unspecified atom stereocenters. The minimum Gasteiger partial charge on any atom is -0.475 e. The van der Waals surface area contributed by atoms with Crippen LogP contribution < -0.4 is 10.1 Å². The van der Waals surface area contributed by atoms with Crippen molar-refractivity contribution in [2.75, 3.05) is 0 Å². The maximum Gasteiger partial charge on any atom is 0.490 e. The predicted molar refractivity (Wildman–Crippen MR) is 133 cm³/mol. The number of hydrogen-bond acceptors (Lipinski definition) is 5. The standard InChI is InChI=1S/C22H27N3O.2C2HF3O2/c1-22(2)11-3-4-17(13-22)23-14-16-5-7-18(8-6-16)26-19-9-10-20-21(12-19)25-15-24-20;2*3-2(4,5)1(6)7/h5-10,12,15,17,23H,3-4,11,13-14H2,1-2H3,(H,24,25);2*(H,6,7)/t17-;;/m1../s1. The molecule has 14 heteroatoms. The number of imidazole rings is 1. The van der Waals surface area contributed by atoms with Crippen molar-refractivity contribution >= 4 is 23.0 Å². The summed E-state index contributed by atoms with van der Waals surface area (Å²) < 4.78 is 69.4. The molecule has 0 bridgehead atoms. The molecule has 0 aliphatic heterocycles. The smallest absolute Gasteiger partial charge is 0.475 e. The first-order valence-corrected chi connectivity index (χ1v) is 12.0. The number of nitrogens with one attached hydrogen (secondary N) is 2. The van der Waals surface area contributed by atoms with Gasteiger partial charge in [-0.3, -0.25) is 0 Å². The maximum atomic E-state index is 10.6. The zero-order chi connectivity index (χ0) is 30.1. The Balaban J connectivity index is 0.000000333. The number of benzene rings is 2. The Kier molecular flexibility index (Phi) is 10.9. The topological polar surface area (TPSA) is 125 Å². The molecule has 1 fully saturated rings. The lowest BCUT2D eigenvalue weighted by Gasteiger charge is -2.35. The monoisotopic (exact) mass is 577 g/mol. The Labute approximate surface area is 225 Å². The van der Waals surface area contributed by atoms with Crippen LogP contribution in [-0.2, 0) is 16.1 Å². The van der Waals surface area contributed by atoms with Gasteiger partial charge in [0.25, 0.3) is 0 Å². The summed E-state index contributed by atoms with van der Waals surface area (Å²) in [5.41, 5.74) is 3.71. The maximum absolute atomic E-state index is 10.6. The fourth-order valence-corrected chi connectivity index (χ4v) is 3.92.